The zero-order valence-corrected chi connectivity index (χ0v) is 8.75. The lowest BCUT2D eigenvalue weighted by atomic mass is 10.1. The van der Waals surface area contributed by atoms with Crippen LogP contribution in [0.1, 0.15) is 22.0 Å². The van der Waals surface area contributed by atoms with Crippen LogP contribution in [0.4, 0.5) is 13.2 Å². The average molecular weight is 245 g/mol. The van der Waals surface area contributed by atoms with E-state index in [2.05, 4.69) is 5.32 Å². The Morgan fingerprint density at radius 3 is 2.71 bits per heavy atom. The number of esters is 1. The van der Waals surface area contributed by atoms with Gasteiger partial charge in [-0.2, -0.15) is 13.2 Å². The first kappa shape index (κ1) is 11.9. The summed E-state index contributed by atoms with van der Waals surface area (Å²) in [5, 5.41) is 2.23. The van der Waals surface area contributed by atoms with Gasteiger partial charge in [-0.05, 0) is 6.07 Å². The summed E-state index contributed by atoms with van der Waals surface area (Å²) in [5.74, 6) is -0.487. The Morgan fingerprint density at radius 1 is 1.29 bits per heavy atom. The van der Waals surface area contributed by atoms with Crippen LogP contribution in [0.5, 0.6) is 0 Å². The quantitative estimate of drug-likeness (QED) is 0.828. The van der Waals surface area contributed by atoms with Crippen molar-refractivity contribution >= 4 is 5.97 Å². The van der Waals surface area contributed by atoms with Gasteiger partial charge in [0.2, 0.25) is 0 Å². The third kappa shape index (κ3) is 2.76. The summed E-state index contributed by atoms with van der Waals surface area (Å²) in [6, 6.07) is 6.69. The first-order valence-corrected chi connectivity index (χ1v) is 5.05. The number of fused-ring (bicyclic) bond motifs is 1. The second-order valence-corrected chi connectivity index (χ2v) is 3.73. The standard InChI is InChI=1S/C11H10F3NO2/c12-11(13,14)6-15-5-9-7-3-1-2-4-8(7)10(16)17-9/h1-4,9,15H,5-6H2. The van der Waals surface area contributed by atoms with E-state index in [-0.39, 0.29) is 6.54 Å². The summed E-state index contributed by atoms with van der Waals surface area (Å²) >= 11 is 0. The van der Waals surface area contributed by atoms with E-state index >= 15 is 0 Å². The summed E-state index contributed by atoms with van der Waals surface area (Å²) in [4.78, 5) is 11.4. The number of rotatable bonds is 3. The number of carbonyl (C=O) groups excluding carboxylic acids is 1. The maximum atomic E-state index is 11.9. The van der Waals surface area contributed by atoms with Crippen LogP contribution in [0.2, 0.25) is 0 Å². The van der Waals surface area contributed by atoms with Crippen molar-refractivity contribution < 1.29 is 22.7 Å². The molecule has 0 saturated heterocycles. The van der Waals surface area contributed by atoms with Crippen LogP contribution in [-0.2, 0) is 4.74 Å². The fourth-order valence-electron chi connectivity index (χ4n) is 1.72. The Bertz CT molecular complexity index is 431. The predicted octanol–water partition coefficient (Wildman–Crippen LogP) is 2.05. The van der Waals surface area contributed by atoms with Gasteiger partial charge >= 0.3 is 12.1 Å². The van der Waals surface area contributed by atoms with E-state index in [1.807, 2.05) is 0 Å². The number of hydrogen-bond donors (Lipinski definition) is 1. The van der Waals surface area contributed by atoms with E-state index in [0.29, 0.717) is 11.1 Å². The molecule has 1 atom stereocenters. The Morgan fingerprint density at radius 2 is 2.00 bits per heavy atom. The van der Waals surface area contributed by atoms with Gasteiger partial charge in [-0.15, -0.1) is 0 Å². The molecule has 0 spiro atoms. The smallest absolute Gasteiger partial charge is 0.401 e. The maximum absolute atomic E-state index is 11.9. The zero-order valence-electron chi connectivity index (χ0n) is 8.75. The van der Waals surface area contributed by atoms with Gasteiger partial charge in [-0.1, -0.05) is 18.2 Å². The normalized spacial score (nSPS) is 19.0. The number of halogens is 3. The lowest BCUT2D eigenvalue weighted by Gasteiger charge is -2.13. The summed E-state index contributed by atoms with van der Waals surface area (Å²) in [7, 11) is 0. The molecule has 0 bridgehead atoms. The van der Waals surface area contributed by atoms with E-state index in [9.17, 15) is 18.0 Å². The lowest BCUT2D eigenvalue weighted by molar-refractivity contribution is -0.125. The van der Waals surface area contributed by atoms with Crippen molar-refractivity contribution in [3.05, 3.63) is 35.4 Å². The number of cyclic esters (lactones) is 1. The summed E-state index contributed by atoms with van der Waals surface area (Å²) in [6.07, 6.45) is -4.90. The molecule has 1 aliphatic rings. The Labute approximate surface area is 95.6 Å². The van der Waals surface area contributed by atoms with Crippen LogP contribution in [0.25, 0.3) is 0 Å². The Kier molecular flexibility index (Phi) is 3.06. The molecule has 0 saturated carbocycles. The monoisotopic (exact) mass is 245 g/mol. The van der Waals surface area contributed by atoms with Gasteiger partial charge in [0.15, 0.2) is 0 Å². The van der Waals surface area contributed by atoms with Crippen LogP contribution in [0.15, 0.2) is 24.3 Å². The molecule has 1 aliphatic heterocycles. The average Bonchev–Trinajstić information content (AvgIpc) is 2.55. The molecule has 0 fully saturated rings. The van der Waals surface area contributed by atoms with Crippen LogP contribution >= 0.6 is 0 Å². The van der Waals surface area contributed by atoms with Gasteiger partial charge < -0.3 is 10.1 Å². The van der Waals surface area contributed by atoms with Gasteiger partial charge in [0.1, 0.15) is 6.10 Å². The van der Waals surface area contributed by atoms with Gasteiger partial charge in [0, 0.05) is 12.1 Å². The second kappa shape index (κ2) is 4.37. The number of hydrogen-bond acceptors (Lipinski definition) is 3. The Hall–Kier alpha value is -1.56. The molecule has 1 aromatic carbocycles. The lowest BCUT2D eigenvalue weighted by Crippen LogP contribution is -2.32. The predicted molar refractivity (Wildman–Crippen MR) is 53.5 cm³/mol. The summed E-state index contributed by atoms with van der Waals surface area (Å²) in [6.45, 7) is -1.13. The molecule has 0 amide bonds. The number of carbonyl (C=O) groups is 1. The fraction of sp³-hybridized carbons (Fsp3) is 0.364. The van der Waals surface area contributed by atoms with Crippen LogP contribution in [0.3, 0.4) is 0 Å². The van der Waals surface area contributed by atoms with Crippen molar-refractivity contribution in [2.75, 3.05) is 13.1 Å². The fourth-order valence-corrected chi connectivity index (χ4v) is 1.72. The van der Waals surface area contributed by atoms with Crippen LogP contribution in [0, 0.1) is 0 Å². The molecule has 2 rings (SSSR count). The molecular formula is C11H10F3NO2. The van der Waals surface area contributed by atoms with E-state index in [0.717, 1.165) is 0 Å². The van der Waals surface area contributed by atoms with Gasteiger partial charge in [-0.3, -0.25) is 0 Å². The van der Waals surface area contributed by atoms with Crippen molar-refractivity contribution in [1.29, 1.82) is 0 Å². The molecule has 1 N–H and O–H groups in total. The zero-order chi connectivity index (χ0) is 12.5. The third-order valence-electron chi connectivity index (χ3n) is 2.43. The van der Waals surface area contributed by atoms with Gasteiger partial charge in [0.05, 0.1) is 12.1 Å². The molecule has 3 nitrogen and oxygen atoms in total. The molecule has 17 heavy (non-hydrogen) atoms. The Balaban J connectivity index is 1.99. The first-order chi connectivity index (χ1) is 7.97. The van der Waals surface area contributed by atoms with E-state index in [1.54, 1.807) is 24.3 Å². The van der Waals surface area contributed by atoms with Crippen molar-refractivity contribution in [3.63, 3.8) is 0 Å². The minimum Gasteiger partial charge on any atom is -0.452 e. The molecule has 6 heteroatoms. The van der Waals surface area contributed by atoms with Gasteiger partial charge in [-0.25, -0.2) is 4.79 Å². The molecule has 1 unspecified atom stereocenters. The largest absolute Gasteiger partial charge is 0.452 e. The number of alkyl halides is 3. The number of nitrogens with one attached hydrogen (secondary N) is 1. The minimum absolute atomic E-state index is 0.0394. The molecule has 1 aromatic rings. The third-order valence-corrected chi connectivity index (χ3v) is 2.43. The highest BCUT2D eigenvalue weighted by Gasteiger charge is 2.32. The van der Waals surface area contributed by atoms with Crippen molar-refractivity contribution in [1.82, 2.24) is 5.32 Å². The van der Waals surface area contributed by atoms with Gasteiger partial charge in [0.25, 0.3) is 0 Å². The van der Waals surface area contributed by atoms with Crippen molar-refractivity contribution in [2.24, 2.45) is 0 Å². The maximum Gasteiger partial charge on any atom is 0.401 e. The van der Waals surface area contributed by atoms with Crippen molar-refractivity contribution in [2.45, 2.75) is 12.3 Å². The summed E-state index contributed by atoms with van der Waals surface area (Å²) < 4.78 is 40.8. The van der Waals surface area contributed by atoms with Crippen LogP contribution in [-0.4, -0.2) is 25.2 Å². The first-order valence-electron chi connectivity index (χ1n) is 5.05. The molecule has 0 aliphatic carbocycles. The topological polar surface area (TPSA) is 38.3 Å². The number of ether oxygens (including phenoxy) is 1. The van der Waals surface area contributed by atoms with Crippen molar-refractivity contribution in [3.8, 4) is 0 Å². The summed E-state index contributed by atoms with van der Waals surface area (Å²) in [5.41, 5.74) is 1.05. The molecule has 0 radical (unpaired) electrons. The number of benzene rings is 1. The van der Waals surface area contributed by atoms with E-state index in [4.69, 9.17) is 4.74 Å². The molecular weight excluding hydrogens is 235 g/mol. The minimum atomic E-state index is -4.26. The SMILES string of the molecule is O=C1OC(CNCC(F)(F)F)c2ccccc21. The second-order valence-electron chi connectivity index (χ2n) is 3.73. The highest BCUT2D eigenvalue weighted by atomic mass is 19.4. The van der Waals surface area contributed by atoms with Crippen LogP contribution < -0.4 is 5.32 Å². The van der Waals surface area contributed by atoms with E-state index in [1.165, 1.54) is 0 Å². The van der Waals surface area contributed by atoms with E-state index < -0.39 is 24.8 Å². The highest BCUT2D eigenvalue weighted by molar-refractivity contribution is 5.93. The highest BCUT2D eigenvalue weighted by Crippen LogP contribution is 2.29. The molecule has 1 heterocycles. The molecule has 0 aromatic heterocycles. The molecule has 92 valence electrons.